The molecule has 1 heterocycles. The molecule has 0 aromatic carbocycles. The number of aliphatic hydroxyl groups excluding tert-OH is 1. The summed E-state index contributed by atoms with van der Waals surface area (Å²) >= 11 is 0. The first-order valence-electron chi connectivity index (χ1n) is 3.83. The topological polar surface area (TPSA) is 33.1 Å². The molecule has 0 amide bonds. The van der Waals surface area contributed by atoms with Gasteiger partial charge in [-0.15, -0.1) is 0 Å². The molecule has 1 aromatic heterocycles. The molecule has 0 aliphatic carbocycles. The van der Waals surface area contributed by atoms with Crippen LogP contribution < -0.4 is 0 Å². The van der Waals surface area contributed by atoms with Crippen LogP contribution in [-0.2, 0) is 13.0 Å². The highest BCUT2D eigenvalue weighted by atomic mass is 16.3. The van der Waals surface area contributed by atoms with Gasteiger partial charge in [0.2, 0.25) is 0 Å². The van der Waals surface area contributed by atoms with Gasteiger partial charge < -0.3 is 5.11 Å². The Morgan fingerprint density at radius 1 is 1.55 bits per heavy atom. The number of aromatic nitrogens is 1. The smallest absolute Gasteiger partial charge is 0.0702 e. The summed E-state index contributed by atoms with van der Waals surface area (Å²) in [5.74, 6) is 0. The van der Waals surface area contributed by atoms with Gasteiger partial charge in [0, 0.05) is 17.5 Å². The predicted molar refractivity (Wildman–Crippen MR) is 44.3 cm³/mol. The monoisotopic (exact) mass is 151 g/mol. The summed E-state index contributed by atoms with van der Waals surface area (Å²) in [7, 11) is 0. The molecule has 0 aliphatic rings. The maximum atomic E-state index is 8.99. The lowest BCUT2D eigenvalue weighted by molar-refractivity contribution is 0.279. The van der Waals surface area contributed by atoms with Gasteiger partial charge in [0.15, 0.2) is 0 Å². The van der Waals surface area contributed by atoms with Crippen molar-refractivity contribution in [1.29, 1.82) is 0 Å². The van der Waals surface area contributed by atoms with Gasteiger partial charge in [-0.25, -0.2) is 0 Å². The van der Waals surface area contributed by atoms with Crippen molar-refractivity contribution in [3.63, 3.8) is 0 Å². The Bertz CT molecular complexity index is 245. The van der Waals surface area contributed by atoms with Gasteiger partial charge in [-0.2, -0.15) is 0 Å². The average Bonchev–Trinajstić information content (AvgIpc) is 2.04. The summed E-state index contributed by atoms with van der Waals surface area (Å²) in [5, 5.41) is 8.99. The van der Waals surface area contributed by atoms with Crippen LogP contribution in [-0.4, -0.2) is 10.1 Å². The SMILES string of the molecule is CCc1ccnc(C)c1CO. The van der Waals surface area contributed by atoms with E-state index < -0.39 is 0 Å². The first-order valence-corrected chi connectivity index (χ1v) is 3.83. The van der Waals surface area contributed by atoms with E-state index in [1.165, 1.54) is 5.56 Å². The van der Waals surface area contributed by atoms with Gasteiger partial charge in [-0.05, 0) is 25.0 Å². The van der Waals surface area contributed by atoms with Crippen molar-refractivity contribution in [3.8, 4) is 0 Å². The molecule has 0 saturated carbocycles. The van der Waals surface area contributed by atoms with E-state index in [0.717, 1.165) is 17.7 Å². The predicted octanol–water partition coefficient (Wildman–Crippen LogP) is 1.44. The highest BCUT2D eigenvalue weighted by molar-refractivity contribution is 5.28. The van der Waals surface area contributed by atoms with Crippen LogP contribution in [0.2, 0.25) is 0 Å². The van der Waals surface area contributed by atoms with Crippen LogP contribution in [0.5, 0.6) is 0 Å². The van der Waals surface area contributed by atoms with E-state index in [1.54, 1.807) is 6.20 Å². The quantitative estimate of drug-likeness (QED) is 0.693. The molecule has 11 heavy (non-hydrogen) atoms. The molecule has 0 aliphatic heterocycles. The molecule has 1 rings (SSSR count). The van der Waals surface area contributed by atoms with E-state index in [-0.39, 0.29) is 6.61 Å². The number of hydrogen-bond donors (Lipinski definition) is 1. The van der Waals surface area contributed by atoms with E-state index in [2.05, 4.69) is 11.9 Å². The molecule has 0 radical (unpaired) electrons. The fourth-order valence-corrected chi connectivity index (χ4v) is 1.20. The third-order valence-electron chi connectivity index (χ3n) is 1.91. The molecule has 1 N–H and O–H groups in total. The summed E-state index contributed by atoms with van der Waals surface area (Å²) in [6.45, 7) is 4.10. The number of aryl methyl sites for hydroxylation is 2. The molecule has 2 heteroatoms. The van der Waals surface area contributed by atoms with Gasteiger partial charge in [0.25, 0.3) is 0 Å². The highest BCUT2D eigenvalue weighted by Gasteiger charge is 2.02. The highest BCUT2D eigenvalue weighted by Crippen LogP contribution is 2.11. The third-order valence-corrected chi connectivity index (χ3v) is 1.91. The Morgan fingerprint density at radius 3 is 2.73 bits per heavy atom. The molecule has 0 bridgehead atoms. The fourth-order valence-electron chi connectivity index (χ4n) is 1.20. The number of hydrogen-bond acceptors (Lipinski definition) is 2. The minimum Gasteiger partial charge on any atom is -0.392 e. The molecule has 1 aromatic rings. The largest absolute Gasteiger partial charge is 0.392 e. The van der Waals surface area contributed by atoms with Crippen LogP contribution in [0.1, 0.15) is 23.7 Å². The van der Waals surface area contributed by atoms with Crippen molar-refractivity contribution >= 4 is 0 Å². The second-order valence-electron chi connectivity index (χ2n) is 2.55. The summed E-state index contributed by atoms with van der Waals surface area (Å²) in [6, 6.07) is 1.96. The Hall–Kier alpha value is -0.890. The maximum absolute atomic E-state index is 8.99. The molecule has 0 unspecified atom stereocenters. The Kier molecular flexibility index (Phi) is 2.60. The summed E-state index contributed by atoms with van der Waals surface area (Å²) in [5.41, 5.74) is 3.11. The normalized spacial score (nSPS) is 10.1. The Labute approximate surface area is 66.9 Å². The summed E-state index contributed by atoms with van der Waals surface area (Å²) in [6.07, 6.45) is 2.74. The zero-order valence-corrected chi connectivity index (χ0v) is 6.96. The standard InChI is InChI=1S/C9H13NO/c1-3-8-4-5-10-7(2)9(8)6-11/h4-5,11H,3,6H2,1-2H3. The Balaban J connectivity index is 3.13. The first-order chi connectivity index (χ1) is 5.29. The van der Waals surface area contributed by atoms with Crippen molar-refractivity contribution in [3.05, 3.63) is 29.1 Å². The molecule has 0 fully saturated rings. The number of pyridine rings is 1. The van der Waals surface area contributed by atoms with Crippen molar-refractivity contribution in [2.75, 3.05) is 0 Å². The second kappa shape index (κ2) is 3.49. The molecular formula is C9H13NO. The molecule has 0 saturated heterocycles. The second-order valence-corrected chi connectivity index (χ2v) is 2.55. The minimum absolute atomic E-state index is 0.100. The van der Waals surface area contributed by atoms with Crippen molar-refractivity contribution < 1.29 is 5.11 Å². The zero-order chi connectivity index (χ0) is 8.27. The first kappa shape index (κ1) is 8.21. The fraction of sp³-hybridized carbons (Fsp3) is 0.444. The van der Waals surface area contributed by atoms with Crippen molar-refractivity contribution in [2.45, 2.75) is 26.9 Å². The molecule has 0 spiro atoms. The van der Waals surface area contributed by atoms with Crippen LogP contribution in [0.3, 0.4) is 0 Å². The minimum atomic E-state index is 0.100. The van der Waals surface area contributed by atoms with Crippen LogP contribution in [0.4, 0.5) is 0 Å². The van der Waals surface area contributed by atoms with Gasteiger partial charge in [0.1, 0.15) is 0 Å². The van der Waals surface area contributed by atoms with E-state index >= 15 is 0 Å². The molecular weight excluding hydrogens is 138 g/mol. The lowest BCUT2D eigenvalue weighted by Gasteiger charge is -2.06. The van der Waals surface area contributed by atoms with Gasteiger partial charge in [-0.3, -0.25) is 4.98 Å². The maximum Gasteiger partial charge on any atom is 0.0702 e. The van der Waals surface area contributed by atoms with Crippen LogP contribution in [0.25, 0.3) is 0 Å². The molecule has 0 atom stereocenters. The zero-order valence-electron chi connectivity index (χ0n) is 6.96. The molecule has 2 nitrogen and oxygen atoms in total. The number of rotatable bonds is 2. The van der Waals surface area contributed by atoms with Crippen LogP contribution in [0, 0.1) is 6.92 Å². The third kappa shape index (κ3) is 1.57. The number of nitrogens with zero attached hydrogens (tertiary/aromatic N) is 1. The van der Waals surface area contributed by atoms with E-state index in [1.807, 2.05) is 13.0 Å². The summed E-state index contributed by atoms with van der Waals surface area (Å²) < 4.78 is 0. The average molecular weight is 151 g/mol. The Morgan fingerprint density at radius 2 is 2.27 bits per heavy atom. The lowest BCUT2D eigenvalue weighted by atomic mass is 10.1. The van der Waals surface area contributed by atoms with Gasteiger partial charge in [0.05, 0.1) is 6.61 Å². The van der Waals surface area contributed by atoms with Crippen molar-refractivity contribution in [1.82, 2.24) is 4.98 Å². The van der Waals surface area contributed by atoms with E-state index in [0.29, 0.717) is 0 Å². The molecule has 60 valence electrons. The van der Waals surface area contributed by atoms with E-state index in [9.17, 15) is 0 Å². The van der Waals surface area contributed by atoms with Crippen LogP contribution in [0.15, 0.2) is 12.3 Å². The number of aliphatic hydroxyl groups is 1. The van der Waals surface area contributed by atoms with Gasteiger partial charge >= 0.3 is 0 Å². The summed E-state index contributed by atoms with van der Waals surface area (Å²) in [4.78, 5) is 4.10. The van der Waals surface area contributed by atoms with Gasteiger partial charge in [-0.1, -0.05) is 6.92 Å². The van der Waals surface area contributed by atoms with E-state index in [4.69, 9.17) is 5.11 Å². The lowest BCUT2D eigenvalue weighted by Crippen LogP contribution is -1.97. The van der Waals surface area contributed by atoms with Crippen molar-refractivity contribution in [2.24, 2.45) is 0 Å². The van der Waals surface area contributed by atoms with Crippen LogP contribution >= 0.6 is 0 Å².